The molecule has 2 aromatic carbocycles. The molecule has 186 valence electrons. The Hall–Kier alpha value is -3.52. The van der Waals surface area contributed by atoms with Crippen molar-refractivity contribution in [3.8, 4) is 18.0 Å². The van der Waals surface area contributed by atoms with Gasteiger partial charge in [0.05, 0.1) is 24.6 Å². The van der Waals surface area contributed by atoms with Crippen molar-refractivity contribution in [3.63, 3.8) is 0 Å². The summed E-state index contributed by atoms with van der Waals surface area (Å²) >= 11 is 6.61. The molecular formula is C28H31ClN6O. The highest BCUT2D eigenvalue weighted by molar-refractivity contribution is 6.36. The van der Waals surface area contributed by atoms with Crippen molar-refractivity contribution in [1.29, 1.82) is 10.5 Å². The van der Waals surface area contributed by atoms with E-state index >= 15 is 0 Å². The first-order valence-corrected chi connectivity index (χ1v) is 12.8. The van der Waals surface area contributed by atoms with Gasteiger partial charge in [-0.3, -0.25) is 0 Å². The Labute approximate surface area is 217 Å². The highest BCUT2D eigenvalue weighted by Crippen LogP contribution is 2.39. The number of pyridine rings is 1. The molecular weight excluding hydrogens is 472 g/mol. The minimum Gasteiger partial charge on any atom is -0.480 e. The maximum absolute atomic E-state index is 10.0. The van der Waals surface area contributed by atoms with Gasteiger partial charge in [0.25, 0.3) is 0 Å². The summed E-state index contributed by atoms with van der Waals surface area (Å²) < 4.78 is 5.57. The summed E-state index contributed by atoms with van der Waals surface area (Å²) in [5.41, 5.74) is 3.60. The first kappa shape index (κ1) is 25.6. The fourth-order valence-corrected chi connectivity index (χ4v) is 5.40. The van der Waals surface area contributed by atoms with Gasteiger partial charge in [0.1, 0.15) is 17.5 Å². The maximum Gasteiger partial charge on any atom is 0.233 e. The van der Waals surface area contributed by atoms with Crippen molar-refractivity contribution < 1.29 is 4.74 Å². The molecule has 0 aliphatic carbocycles. The van der Waals surface area contributed by atoms with Gasteiger partial charge >= 0.3 is 0 Å². The van der Waals surface area contributed by atoms with E-state index in [0.717, 1.165) is 64.5 Å². The number of anilines is 2. The lowest BCUT2D eigenvalue weighted by atomic mass is 9.94. The highest BCUT2D eigenvalue weighted by atomic mass is 35.5. The number of rotatable bonds is 4. The van der Waals surface area contributed by atoms with Gasteiger partial charge < -0.3 is 19.9 Å². The molecule has 0 bridgehead atoms. The second-order valence-corrected chi connectivity index (χ2v) is 9.04. The van der Waals surface area contributed by atoms with Crippen LogP contribution in [0.3, 0.4) is 0 Å². The lowest BCUT2D eigenvalue weighted by molar-refractivity contribution is 0.393. The average molecular weight is 503 g/mol. The molecule has 0 radical (unpaired) electrons. The smallest absolute Gasteiger partial charge is 0.233 e. The minimum atomic E-state index is 0.0933. The van der Waals surface area contributed by atoms with Crippen LogP contribution in [0.5, 0.6) is 5.88 Å². The average Bonchev–Trinajstić information content (AvgIpc) is 2.93. The van der Waals surface area contributed by atoms with Gasteiger partial charge in [-0.15, -0.1) is 0 Å². The maximum atomic E-state index is 10.0. The third-order valence-corrected chi connectivity index (χ3v) is 7.02. The number of hydrogen-bond donors (Lipinski definition) is 1. The van der Waals surface area contributed by atoms with E-state index in [1.165, 1.54) is 0 Å². The number of piperazine rings is 1. The van der Waals surface area contributed by atoms with Crippen LogP contribution in [0, 0.1) is 22.7 Å². The molecule has 3 heterocycles. The van der Waals surface area contributed by atoms with Crippen molar-refractivity contribution in [2.24, 2.45) is 0 Å². The summed E-state index contributed by atoms with van der Waals surface area (Å²) in [7, 11) is 1.56. The van der Waals surface area contributed by atoms with Crippen molar-refractivity contribution >= 4 is 33.9 Å². The van der Waals surface area contributed by atoms with Gasteiger partial charge in [-0.1, -0.05) is 49.7 Å². The molecule has 1 aromatic heterocycles. The predicted molar refractivity (Wildman–Crippen MR) is 145 cm³/mol. The highest BCUT2D eigenvalue weighted by Gasteiger charge is 2.31. The Morgan fingerprint density at radius 3 is 2.61 bits per heavy atom. The second kappa shape index (κ2) is 11.5. The number of ether oxygens (including phenoxy) is 1. The lowest BCUT2D eigenvalue weighted by Crippen LogP contribution is -2.51. The zero-order valence-electron chi connectivity index (χ0n) is 21.0. The largest absolute Gasteiger partial charge is 0.480 e. The number of halogens is 1. The topological polar surface area (TPSA) is 88.2 Å². The Kier molecular flexibility index (Phi) is 8.15. The minimum absolute atomic E-state index is 0.0933. The summed E-state index contributed by atoms with van der Waals surface area (Å²) in [5, 5.41) is 25.4. The SMILES string of the molecule is CC.COc1nc(N2CCNC(CC#N)C2)c2c(c1C#N)CN(c1cccc3cccc(Cl)c13)CC2. The van der Waals surface area contributed by atoms with Crippen LogP contribution >= 0.6 is 11.6 Å². The van der Waals surface area contributed by atoms with Gasteiger partial charge in [0, 0.05) is 61.0 Å². The Bertz CT molecular complexity index is 1320. The zero-order chi connectivity index (χ0) is 25.7. The van der Waals surface area contributed by atoms with E-state index in [1.54, 1.807) is 7.11 Å². The molecule has 1 N–H and O–H groups in total. The van der Waals surface area contributed by atoms with Crippen molar-refractivity contribution in [2.75, 3.05) is 43.1 Å². The normalized spacial score (nSPS) is 16.9. The molecule has 7 nitrogen and oxygen atoms in total. The Morgan fingerprint density at radius 2 is 1.89 bits per heavy atom. The number of nitriles is 2. The number of benzene rings is 2. The van der Waals surface area contributed by atoms with Crippen LogP contribution in [0.15, 0.2) is 36.4 Å². The second-order valence-electron chi connectivity index (χ2n) is 8.63. The van der Waals surface area contributed by atoms with Gasteiger partial charge in [0.2, 0.25) is 5.88 Å². The molecule has 1 unspecified atom stereocenters. The van der Waals surface area contributed by atoms with Crippen LogP contribution in [0.1, 0.15) is 37.0 Å². The number of hydrogen-bond acceptors (Lipinski definition) is 7. The molecule has 2 aliphatic heterocycles. The number of nitrogens with zero attached hydrogens (tertiary/aromatic N) is 5. The zero-order valence-corrected chi connectivity index (χ0v) is 21.8. The fourth-order valence-electron chi connectivity index (χ4n) is 5.12. The summed E-state index contributed by atoms with van der Waals surface area (Å²) in [6.45, 7) is 7.63. The Morgan fingerprint density at radius 1 is 1.11 bits per heavy atom. The molecule has 2 aliphatic rings. The monoisotopic (exact) mass is 502 g/mol. The third kappa shape index (κ3) is 4.78. The first-order valence-electron chi connectivity index (χ1n) is 12.4. The van der Waals surface area contributed by atoms with Crippen LogP contribution in [0.4, 0.5) is 11.5 Å². The summed E-state index contributed by atoms with van der Waals surface area (Å²) in [4.78, 5) is 9.30. The summed E-state index contributed by atoms with van der Waals surface area (Å²) in [5.74, 6) is 1.22. The van der Waals surface area contributed by atoms with E-state index in [9.17, 15) is 5.26 Å². The van der Waals surface area contributed by atoms with Crippen molar-refractivity contribution in [1.82, 2.24) is 10.3 Å². The molecule has 0 spiro atoms. The number of nitrogens with one attached hydrogen (secondary N) is 1. The summed E-state index contributed by atoms with van der Waals surface area (Å²) in [6.07, 6.45) is 1.20. The standard InChI is InChI=1S/C26H25ClN6O.C2H6/c1-34-26-20(14-29)21-16-32(23-7-3-5-17-4-2-6-22(27)24(17)23)12-9-19(21)25(31-26)33-13-11-30-18(15-33)8-10-28;1-2/h2-7,18,30H,8-9,11-13,15-16H2,1H3;1-2H3. The Balaban J connectivity index is 0.00000148. The molecule has 3 aromatic rings. The summed E-state index contributed by atoms with van der Waals surface area (Å²) in [6, 6.07) is 16.8. The molecule has 36 heavy (non-hydrogen) atoms. The fraction of sp³-hybridized carbons (Fsp3) is 0.393. The van der Waals surface area contributed by atoms with Crippen LogP contribution in [0.2, 0.25) is 5.02 Å². The third-order valence-electron chi connectivity index (χ3n) is 6.71. The van der Waals surface area contributed by atoms with E-state index in [0.29, 0.717) is 31.0 Å². The predicted octanol–water partition coefficient (Wildman–Crippen LogP) is 5.05. The number of aromatic nitrogens is 1. The van der Waals surface area contributed by atoms with Gasteiger partial charge in [0.15, 0.2) is 0 Å². The first-order chi connectivity index (χ1) is 17.6. The molecule has 8 heteroatoms. The molecule has 1 atom stereocenters. The van der Waals surface area contributed by atoms with Crippen LogP contribution in [0.25, 0.3) is 10.8 Å². The number of fused-ring (bicyclic) bond motifs is 2. The van der Waals surface area contributed by atoms with Crippen molar-refractivity contribution in [3.05, 3.63) is 58.1 Å². The van der Waals surface area contributed by atoms with Gasteiger partial charge in [-0.25, -0.2) is 0 Å². The molecule has 1 fully saturated rings. The van der Waals surface area contributed by atoms with E-state index in [4.69, 9.17) is 26.6 Å². The molecule has 0 amide bonds. The molecule has 5 rings (SSSR count). The van der Waals surface area contributed by atoms with Crippen LogP contribution in [-0.4, -0.2) is 44.3 Å². The van der Waals surface area contributed by atoms with E-state index in [-0.39, 0.29) is 6.04 Å². The van der Waals surface area contributed by atoms with Crippen LogP contribution in [-0.2, 0) is 13.0 Å². The number of methoxy groups -OCH3 is 1. The van der Waals surface area contributed by atoms with E-state index in [1.807, 2.05) is 32.0 Å². The van der Waals surface area contributed by atoms with Crippen LogP contribution < -0.4 is 19.9 Å². The molecule has 1 saturated heterocycles. The van der Waals surface area contributed by atoms with Gasteiger partial charge in [-0.05, 0) is 23.9 Å². The van der Waals surface area contributed by atoms with E-state index < -0.39 is 0 Å². The van der Waals surface area contributed by atoms with Gasteiger partial charge in [-0.2, -0.15) is 15.5 Å². The quantitative estimate of drug-likeness (QED) is 0.534. The molecule has 0 saturated carbocycles. The lowest BCUT2D eigenvalue weighted by Gasteiger charge is -2.38. The van der Waals surface area contributed by atoms with Crippen molar-refractivity contribution in [2.45, 2.75) is 39.3 Å². The van der Waals surface area contributed by atoms with E-state index in [2.05, 4.69) is 45.5 Å².